The summed E-state index contributed by atoms with van der Waals surface area (Å²) in [6.45, 7) is 0.415. The molecule has 5 rings (SSSR count). The molecule has 0 bridgehead atoms. The smallest absolute Gasteiger partial charge is 0.123 e. The molecule has 0 spiro atoms. The van der Waals surface area contributed by atoms with Gasteiger partial charge in [-0.05, 0) is 67.5 Å². The summed E-state index contributed by atoms with van der Waals surface area (Å²) in [5, 5.41) is 14.5. The van der Waals surface area contributed by atoms with Gasteiger partial charge in [-0.25, -0.2) is 4.39 Å². The van der Waals surface area contributed by atoms with Gasteiger partial charge in [0.05, 0.1) is 16.8 Å². The fraction of sp³-hybridized carbons (Fsp3) is 0.300. The van der Waals surface area contributed by atoms with Gasteiger partial charge in [0.15, 0.2) is 0 Å². The van der Waals surface area contributed by atoms with E-state index in [1.54, 1.807) is 0 Å². The number of anilines is 1. The van der Waals surface area contributed by atoms with Crippen molar-refractivity contribution < 1.29 is 9.13 Å². The predicted octanol–water partition coefficient (Wildman–Crippen LogP) is 7.30. The van der Waals surface area contributed by atoms with Gasteiger partial charge in [-0.3, -0.25) is 0 Å². The molecule has 1 aromatic heterocycles. The molecule has 0 saturated heterocycles. The van der Waals surface area contributed by atoms with Crippen LogP contribution in [0.4, 0.5) is 10.1 Å². The predicted molar refractivity (Wildman–Crippen MR) is 140 cm³/mol. The number of ether oxygens (including phenoxy) is 1. The van der Waals surface area contributed by atoms with E-state index in [9.17, 15) is 9.65 Å². The number of aryl methyl sites for hydroxylation is 1. The van der Waals surface area contributed by atoms with Crippen molar-refractivity contribution in [2.24, 2.45) is 0 Å². The van der Waals surface area contributed by atoms with E-state index in [1.165, 1.54) is 12.0 Å². The Morgan fingerprint density at radius 2 is 1.83 bits per heavy atom. The average Bonchev–Trinajstić information content (AvgIpc) is 3.18. The molecular weight excluding hydrogens is 437 g/mol. The molecule has 0 aliphatic heterocycles. The Morgan fingerprint density at radius 3 is 2.51 bits per heavy atom. The maximum Gasteiger partial charge on any atom is 0.123 e. The first kappa shape index (κ1) is 23.0. The van der Waals surface area contributed by atoms with Gasteiger partial charge in [0.25, 0.3) is 0 Å². The molecule has 0 amide bonds. The van der Waals surface area contributed by atoms with Crippen LogP contribution >= 0.6 is 0 Å². The van der Waals surface area contributed by atoms with Gasteiger partial charge in [-0.15, -0.1) is 0 Å². The first-order valence-electron chi connectivity index (χ1n) is 12.4. The fourth-order valence-corrected chi connectivity index (χ4v) is 4.87. The molecule has 3 aromatic carbocycles. The maximum atomic E-state index is 12.6. The summed E-state index contributed by atoms with van der Waals surface area (Å²) in [5.41, 5.74) is 6.11. The van der Waals surface area contributed by atoms with Gasteiger partial charge in [-0.1, -0.05) is 42.5 Å². The second-order valence-corrected chi connectivity index (χ2v) is 9.10. The largest absolute Gasteiger partial charge is 0.491 e. The minimum Gasteiger partial charge on any atom is -0.491 e. The lowest BCUT2D eigenvalue weighted by Gasteiger charge is -2.30. The Kier molecular flexibility index (Phi) is 6.99. The lowest BCUT2D eigenvalue weighted by Crippen LogP contribution is -2.17. The van der Waals surface area contributed by atoms with Crippen LogP contribution in [0.15, 0.2) is 72.8 Å². The minimum absolute atomic E-state index is 0.0351. The topological polar surface area (TPSA) is 50.0 Å². The van der Waals surface area contributed by atoms with E-state index in [4.69, 9.17) is 4.74 Å². The highest BCUT2D eigenvalue weighted by atomic mass is 19.1. The van der Waals surface area contributed by atoms with Gasteiger partial charge >= 0.3 is 0 Å². The SMILES string of the molecule is N#Cc1c(-c2ccc(NCCCc3ccccc3)cc2)n(C2CCC2)c2cc(OCCF)ccc12. The molecule has 1 N–H and O–H groups in total. The Hall–Kier alpha value is -3.78. The van der Waals surface area contributed by atoms with Gasteiger partial charge in [0.2, 0.25) is 0 Å². The van der Waals surface area contributed by atoms with Crippen molar-refractivity contribution in [2.45, 2.75) is 38.1 Å². The lowest BCUT2D eigenvalue weighted by atomic mass is 9.92. The Labute approximate surface area is 206 Å². The number of nitriles is 1. The molecular formula is C30H30FN3O. The first-order valence-corrected chi connectivity index (χ1v) is 12.4. The van der Waals surface area contributed by atoms with E-state index < -0.39 is 6.67 Å². The van der Waals surface area contributed by atoms with E-state index in [1.807, 2.05) is 24.3 Å². The van der Waals surface area contributed by atoms with Crippen LogP contribution in [0.25, 0.3) is 22.2 Å². The molecule has 4 nitrogen and oxygen atoms in total. The third-order valence-electron chi connectivity index (χ3n) is 6.85. The van der Waals surface area contributed by atoms with Crippen LogP contribution < -0.4 is 10.1 Å². The van der Waals surface area contributed by atoms with Crippen LogP contribution in [-0.2, 0) is 6.42 Å². The zero-order valence-electron chi connectivity index (χ0n) is 19.8. The number of alkyl halides is 1. The van der Waals surface area contributed by atoms with Crippen molar-refractivity contribution in [1.82, 2.24) is 4.57 Å². The highest BCUT2D eigenvalue weighted by Crippen LogP contribution is 2.43. The van der Waals surface area contributed by atoms with E-state index in [-0.39, 0.29) is 6.61 Å². The summed E-state index contributed by atoms with van der Waals surface area (Å²) in [5.74, 6) is 0.638. The van der Waals surface area contributed by atoms with Gasteiger partial charge < -0.3 is 14.6 Å². The number of nitrogens with zero attached hydrogens (tertiary/aromatic N) is 2. The van der Waals surface area contributed by atoms with Crippen LogP contribution in [-0.4, -0.2) is 24.4 Å². The zero-order valence-corrected chi connectivity index (χ0v) is 19.8. The van der Waals surface area contributed by atoms with E-state index in [0.29, 0.717) is 17.4 Å². The summed E-state index contributed by atoms with van der Waals surface area (Å²) < 4.78 is 20.5. The Balaban J connectivity index is 1.39. The van der Waals surface area contributed by atoms with Crippen molar-refractivity contribution in [3.63, 3.8) is 0 Å². The molecule has 1 aliphatic carbocycles. The molecule has 1 heterocycles. The highest BCUT2D eigenvalue weighted by Gasteiger charge is 2.28. The van der Waals surface area contributed by atoms with Gasteiger partial charge in [0, 0.05) is 29.7 Å². The third kappa shape index (κ3) is 4.88. The molecule has 178 valence electrons. The van der Waals surface area contributed by atoms with E-state index >= 15 is 0 Å². The fourth-order valence-electron chi connectivity index (χ4n) is 4.87. The molecule has 35 heavy (non-hydrogen) atoms. The zero-order chi connectivity index (χ0) is 24.0. The first-order chi connectivity index (χ1) is 17.3. The number of hydrogen-bond acceptors (Lipinski definition) is 3. The maximum absolute atomic E-state index is 12.6. The summed E-state index contributed by atoms with van der Waals surface area (Å²) in [6, 6.07) is 27.5. The number of aromatic nitrogens is 1. The molecule has 5 heteroatoms. The van der Waals surface area contributed by atoms with E-state index in [2.05, 4.69) is 64.5 Å². The number of hydrogen-bond donors (Lipinski definition) is 1. The second-order valence-electron chi connectivity index (χ2n) is 9.10. The van der Waals surface area contributed by atoms with Crippen LogP contribution in [0.3, 0.4) is 0 Å². The number of rotatable bonds is 10. The standard InChI is InChI=1S/C30H30FN3O/c31-17-19-35-26-15-16-27-28(21-32)30(34(29(27)20-26)25-9-4-10-25)23-11-13-24(14-12-23)33-18-5-8-22-6-2-1-3-7-22/h1-3,6-7,11-16,20,25,33H,4-5,8-10,17-19H2. The highest BCUT2D eigenvalue weighted by molar-refractivity contribution is 5.95. The summed E-state index contributed by atoms with van der Waals surface area (Å²) in [7, 11) is 0. The quantitative estimate of drug-likeness (QED) is 0.249. The van der Waals surface area contributed by atoms with Crippen molar-refractivity contribution in [3.8, 4) is 23.1 Å². The summed E-state index contributed by atoms with van der Waals surface area (Å²) >= 11 is 0. The van der Waals surface area contributed by atoms with Crippen LogP contribution in [0.5, 0.6) is 5.75 Å². The minimum atomic E-state index is -0.525. The van der Waals surface area contributed by atoms with Crippen molar-refractivity contribution in [1.29, 1.82) is 5.26 Å². The molecule has 4 aromatic rings. The van der Waals surface area contributed by atoms with Gasteiger partial charge in [-0.2, -0.15) is 5.26 Å². The van der Waals surface area contributed by atoms with Crippen LogP contribution in [0.2, 0.25) is 0 Å². The monoisotopic (exact) mass is 467 g/mol. The molecule has 1 fully saturated rings. The number of fused-ring (bicyclic) bond motifs is 1. The normalized spacial score (nSPS) is 13.4. The molecule has 0 atom stereocenters. The molecule has 1 aliphatic rings. The number of benzene rings is 3. The molecule has 0 unspecified atom stereocenters. The van der Waals surface area contributed by atoms with Crippen LogP contribution in [0, 0.1) is 11.3 Å². The van der Waals surface area contributed by atoms with Gasteiger partial charge in [0.1, 0.15) is 25.1 Å². The summed E-state index contributed by atoms with van der Waals surface area (Å²) in [4.78, 5) is 0. The van der Waals surface area contributed by atoms with Crippen molar-refractivity contribution in [2.75, 3.05) is 25.1 Å². The van der Waals surface area contributed by atoms with Crippen LogP contribution in [0.1, 0.15) is 42.9 Å². The lowest BCUT2D eigenvalue weighted by molar-refractivity contribution is 0.273. The third-order valence-corrected chi connectivity index (χ3v) is 6.85. The summed E-state index contributed by atoms with van der Waals surface area (Å²) in [6.07, 6.45) is 5.50. The average molecular weight is 468 g/mol. The number of halogens is 1. The number of nitrogens with one attached hydrogen (secondary N) is 1. The molecule has 1 saturated carbocycles. The van der Waals surface area contributed by atoms with Crippen molar-refractivity contribution >= 4 is 16.6 Å². The second kappa shape index (κ2) is 10.7. The Morgan fingerprint density at radius 1 is 1.03 bits per heavy atom. The Bertz CT molecular complexity index is 1320. The van der Waals surface area contributed by atoms with Crippen molar-refractivity contribution in [3.05, 3.63) is 83.9 Å². The van der Waals surface area contributed by atoms with E-state index in [0.717, 1.165) is 60.1 Å². The molecule has 0 radical (unpaired) electrons.